The first kappa shape index (κ1) is 19.2. The third-order valence-electron chi connectivity index (χ3n) is 5.97. The van der Waals surface area contributed by atoms with Gasteiger partial charge in [-0.15, -0.1) is 6.58 Å². The molecule has 0 aromatic rings. The SMILES string of the molecule is C=C[C@]1(N2C[C@@H](F)[C@@H](C3(NC(=O)OC(C)(C)C)CCC3)C2)C=CC=CC1. The summed E-state index contributed by atoms with van der Waals surface area (Å²) in [4.78, 5) is 14.5. The van der Waals surface area contributed by atoms with E-state index in [0.717, 1.165) is 25.7 Å². The maximum absolute atomic E-state index is 15.1. The fraction of sp³-hybridized carbons (Fsp3) is 0.667. The molecule has 0 unspecified atom stereocenters. The summed E-state index contributed by atoms with van der Waals surface area (Å²) >= 11 is 0. The van der Waals surface area contributed by atoms with Gasteiger partial charge in [-0.1, -0.05) is 30.4 Å². The zero-order chi connectivity index (χ0) is 19.0. The monoisotopic (exact) mass is 362 g/mol. The molecule has 1 saturated carbocycles. The molecular formula is C21H31FN2O2. The van der Waals surface area contributed by atoms with Gasteiger partial charge >= 0.3 is 6.09 Å². The number of carbonyl (C=O) groups excluding carboxylic acids is 1. The van der Waals surface area contributed by atoms with Gasteiger partial charge in [0.1, 0.15) is 11.8 Å². The van der Waals surface area contributed by atoms with Crippen LogP contribution in [0, 0.1) is 5.92 Å². The summed E-state index contributed by atoms with van der Waals surface area (Å²) in [5.41, 5.74) is -1.38. The number of hydrogen-bond donors (Lipinski definition) is 1. The molecule has 0 spiro atoms. The number of halogens is 1. The van der Waals surface area contributed by atoms with Gasteiger partial charge in [-0.2, -0.15) is 0 Å². The highest BCUT2D eigenvalue weighted by atomic mass is 19.1. The van der Waals surface area contributed by atoms with Crippen molar-refractivity contribution in [2.24, 2.45) is 5.92 Å². The molecule has 3 atom stereocenters. The molecule has 1 N–H and O–H groups in total. The Hall–Kier alpha value is -1.62. The second-order valence-corrected chi connectivity index (χ2v) is 8.85. The van der Waals surface area contributed by atoms with Crippen LogP contribution in [0.3, 0.4) is 0 Å². The summed E-state index contributed by atoms with van der Waals surface area (Å²) in [5.74, 6) is -0.222. The van der Waals surface area contributed by atoms with Crippen LogP contribution in [0.25, 0.3) is 0 Å². The zero-order valence-electron chi connectivity index (χ0n) is 16.1. The van der Waals surface area contributed by atoms with Crippen LogP contribution in [0.2, 0.25) is 0 Å². The van der Waals surface area contributed by atoms with Crippen molar-refractivity contribution in [2.45, 2.75) is 69.3 Å². The number of likely N-dealkylation sites (tertiary alicyclic amines) is 1. The van der Waals surface area contributed by atoms with E-state index >= 15 is 4.39 Å². The molecule has 5 heteroatoms. The topological polar surface area (TPSA) is 41.6 Å². The molecule has 4 nitrogen and oxygen atoms in total. The highest BCUT2D eigenvalue weighted by Crippen LogP contribution is 2.46. The predicted octanol–water partition coefficient (Wildman–Crippen LogP) is 4.14. The lowest BCUT2D eigenvalue weighted by molar-refractivity contribution is 0.0193. The van der Waals surface area contributed by atoms with E-state index in [0.29, 0.717) is 13.1 Å². The van der Waals surface area contributed by atoms with Crippen LogP contribution in [0.4, 0.5) is 9.18 Å². The molecule has 1 aliphatic heterocycles. The van der Waals surface area contributed by atoms with Crippen molar-refractivity contribution in [2.75, 3.05) is 13.1 Å². The summed E-state index contributed by atoms with van der Waals surface area (Å²) in [7, 11) is 0. The Balaban J connectivity index is 1.73. The summed E-state index contributed by atoms with van der Waals surface area (Å²) in [5, 5.41) is 3.03. The van der Waals surface area contributed by atoms with Crippen LogP contribution in [0.15, 0.2) is 37.0 Å². The maximum atomic E-state index is 15.1. The van der Waals surface area contributed by atoms with E-state index in [2.05, 4.69) is 28.9 Å². The number of hydrogen-bond acceptors (Lipinski definition) is 3. The van der Waals surface area contributed by atoms with Gasteiger partial charge in [0, 0.05) is 19.0 Å². The van der Waals surface area contributed by atoms with Crippen LogP contribution in [0.5, 0.6) is 0 Å². The number of alkyl carbamates (subject to hydrolysis) is 1. The van der Waals surface area contributed by atoms with Crippen LogP contribution in [-0.2, 0) is 4.74 Å². The first-order valence-corrected chi connectivity index (χ1v) is 9.58. The molecule has 0 aromatic heterocycles. The van der Waals surface area contributed by atoms with Gasteiger partial charge in [-0.05, 0) is 46.5 Å². The number of rotatable bonds is 4. The molecule has 26 heavy (non-hydrogen) atoms. The number of nitrogens with one attached hydrogen (secondary N) is 1. The smallest absolute Gasteiger partial charge is 0.408 e. The van der Waals surface area contributed by atoms with Gasteiger partial charge in [0.2, 0.25) is 0 Å². The van der Waals surface area contributed by atoms with Crippen molar-refractivity contribution in [3.8, 4) is 0 Å². The van der Waals surface area contributed by atoms with Crippen LogP contribution in [-0.4, -0.2) is 46.9 Å². The van der Waals surface area contributed by atoms with E-state index in [1.165, 1.54) is 0 Å². The summed E-state index contributed by atoms with van der Waals surface area (Å²) in [6, 6.07) is 0. The third kappa shape index (κ3) is 3.59. The van der Waals surface area contributed by atoms with Gasteiger partial charge in [0.05, 0.1) is 11.1 Å². The van der Waals surface area contributed by atoms with Crippen molar-refractivity contribution in [1.29, 1.82) is 0 Å². The van der Waals surface area contributed by atoms with Crippen LogP contribution < -0.4 is 5.32 Å². The van der Waals surface area contributed by atoms with E-state index in [9.17, 15) is 4.79 Å². The van der Waals surface area contributed by atoms with E-state index in [1.54, 1.807) is 0 Å². The molecule has 3 rings (SSSR count). The Morgan fingerprint density at radius 2 is 2.08 bits per heavy atom. The molecule has 0 bridgehead atoms. The molecule has 0 aromatic carbocycles. The fourth-order valence-electron chi connectivity index (χ4n) is 4.42. The number of amides is 1. The molecular weight excluding hydrogens is 331 g/mol. The van der Waals surface area contributed by atoms with E-state index < -0.39 is 23.4 Å². The Morgan fingerprint density at radius 1 is 1.35 bits per heavy atom. The standard InChI is InChI=1S/C21H31FN2O2/c1-5-20(10-7-6-8-11-20)24-14-16(17(22)15-24)21(12-9-13-21)23-18(25)26-19(2,3)4/h5-8,10,16-17H,1,9,11-15H2,2-4H3,(H,23,25)/t16-,17+,20-/m0/s1. The Morgan fingerprint density at radius 3 is 2.58 bits per heavy atom. The molecule has 1 saturated heterocycles. The minimum atomic E-state index is -0.971. The molecule has 1 heterocycles. The van der Waals surface area contributed by atoms with Gasteiger partial charge in [0.15, 0.2) is 0 Å². The number of alkyl halides is 1. The van der Waals surface area contributed by atoms with E-state index in [1.807, 2.05) is 39.0 Å². The molecule has 2 fully saturated rings. The molecule has 0 radical (unpaired) electrons. The maximum Gasteiger partial charge on any atom is 0.408 e. The normalized spacial score (nSPS) is 33.5. The van der Waals surface area contributed by atoms with Crippen molar-refractivity contribution in [3.05, 3.63) is 37.0 Å². The van der Waals surface area contributed by atoms with Gasteiger partial charge in [-0.25, -0.2) is 9.18 Å². The van der Waals surface area contributed by atoms with Crippen molar-refractivity contribution in [3.63, 3.8) is 0 Å². The lowest BCUT2D eigenvalue weighted by Gasteiger charge is -2.48. The minimum Gasteiger partial charge on any atom is -0.444 e. The lowest BCUT2D eigenvalue weighted by Crippen LogP contribution is -2.61. The van der Waals surface area contributed by atoms with Gasteiger partial charge < -0.3 is 10.1 Å². The van der Waals surface area contributed by atoms with E-state index in [4.69, 9.17) is 4.74 Å². The van der Waals surface area contributed by atoms with Crippen molar-refractivity contribution < 1.29 is 13.9 Å². The number of ether oxygens (including phenoxy) is 1. The second-order valence-electron chi connectivity index (χ2n) is 8.85. The molecule has 3 aliphatic rings. The summed E-state index contributed by atoms with van der Waals surface area (Å²) in [6.45, 7) is 10.5. The second kappa shape index (κ2) is 6.84. The quantitative estimate of drug-likeness (QED) is 0.764. The van der Waals surface area contributed by atoms with Gasteiger partial charge in [0.25, 0.3) is 0 Å². The Kier molecular flexibility index (Phi) is 5.04. The average molecular weight is 362 g/mol. The lowest BCUT2D eigenvalue weighted by atomic mass is 9.67. The van der Waals surface area contributed by atoms with Gasteiger partial charge in [-0.3, -0.25) is 4.90 Å². The number of carbonyl (C=O) groups is 1. The largest absolute Gasteiger partial charge is 0.444 e. The Bertz CT molecular complexity index is 618. The third-order valence-corrected chi connectivity index (χ3v) is 5.97. The number of allylic oxidation sites excluding steroid dienone is 2. The first-order chi connectivity index (χ1) is 12.2. The van der Waals surface area contributed by atoms with Crippen molar-refractivity contribution >= 4 is 6.09 Å². The predicted molar refractivity (Wildman–Crippen MR) is 102 cm³/mol. The minimum absolute atomic E-state index is 0.222. The summed E-state index contributed by atoms with van der Waals surface area (Å²) < 4.78 is 20.5. The highest BCUT2D eigenvalue weighted by molar-refractivity contribution is 5.69. The van der Waals surface area contributed by atoms with Crippen LogP contribution in [0.1, 0.15) is 46.5 Å². The fourth-order valence-corrected chi connectivity index (χ4v) is 4.42. The zero-order valence-corrected chi connectivity index (χ0v) is 16.1. The molecule has 2 aliphatic carbocycles. The van der Waals surface area contributed by atoms with Crippen molar-refractivity contribution in [1.82, 2.24) is 10.2 Å². The van der Waals surface area contributed by atoms with Crippen LogP contribution >= 0.6 is 0 Å². The molecule has 1 amide bonds. The summed E-state index contributed by atoms with van der Waals surface area (Å²) in [6.07, 6.45) is 12.1. The van der Waals surface area contributed by atoms with E-state index in [-0.39, 0.29) is 11.5 Å². The Labute approximate surface area is 156 Å². The number of nitrogens with zero attached hydrogens (tertiary/aromatic N) is 1. The first-order valence-electron chi connectivity index (χ1n) is 9.58. The highest BCUT2D eigenvalue weighted by Gasteiger charge is 2.54. The molecule has 144 valence electrons. The average Bonchev–Trinajstić information content (AvgIpc) is 2.92.